The van der Waals surface area contributed by atoms with Crippen LogP contribution >= 0.6 is 0 Å². The first-order valence-electron chi connectivity index (χ1n) is 12.4. The smallest absolute Gasteiger partial charge is 0.404 e. The average molecular weight is 602 g/mol. The van der Waals surface area contributed by atoms with Gasteiger partial charge in [-0.3, -0.25) is 14.5 Å². The van der Waals surface area contributed by atoms with Crippen molar-refractivity contribution < 1.29 is 40.7 Å². The summed E-state index contributed by atoms with van der Waals surface area (Å²) in [5.41, 5.74) is -0.576. The van der Waals surface area contributed by atoms with Crippen molar-refractivity contribution in [2.75, 3.05) is 30.9 Å². The van der Waals surface area contributed by atoms with Crippen LogP contribution < -0.4 is 14.2 Å². The third kappa shape index (κ3) is 6.52. The number of nitrogens with zero attached hydrogens (tertiary/aromatic N) is 4. The number of ether oxygens (including phenoxy) is 2. The second-order valence-electron chi connectivity index (χ2n) is 9.01. The van der Waals surface area contributed by atoms with Gasteiger partial charge in [0.2, 0.25) is 5.88 Å². The van der Waals surface area contributed by atoms with E-state index in [1.165, 1.54) is 46.5 Å². The second kappa shape index (κ2) is 11.5. The van der Waals surface area contributed by atoms with Gasteiger partial charge in [-0.2, -0.15) is 0 Å². The first kappa shape index (κ1) is 28.6. The van der Waals surface area contributed by atoms with Gasteiger partial charge >= 0.3 is 12.5 Å². The molecule has 2 amide bonds. The summed E-state index contributed by atoms with van der Waals surface area (Å²) < 4.78 is 77.7. The Bertz CT molecular complexity index is 1720. The number of sulfonamides is 1. The first-order valence-corrected chi connectivity index (χ1v) is 13.9. The van der Waals surface area contributed by atoms with E-state index in [-0.39, 0.29) is 48.0 Å². The molecule has 218 valence electrons. The Hall–Kier alpha value is -4.92. The van der Waals surface area contributed by atoms with Crippen LogP contribution in [0.1, 0.15) is 10.4 Å². The van der Waals surface area contributed by atoms with E-state index in [1.54, 1.807) is 30.3 Å². The maximum Gasteiger partial charge on any atom is 0.573 e. The number of pyridine rings is 2. The predicted molar refractivity (Wildman–Crippen MR) is 143 cm³/mol. The summed E-state index contributed by atoms with van der Waals surface area (Å²) in [7, 11) is -4.42. The molecule has 2 aromatic heterocycles. The molecule has 3 heterocycles. The highest BCUT2D eigenvalue weighted by atomic mass is 32.2. The topological polar surface area (TPSA) is 131 Å². The van der Waals surface area contributed by atoms with Crippen LogP contribution in [-0.4, -0.2) is 72.7 Å². The molecule has 1 N–H and O–H groups in total. The van der Waals surface area contributed by atoms with Crippen LogP contribution in [0.2, 0.25) is 0 Å². The maximum absolute atomic E-state index is 13.3. The lowest BCUT2D eigenvalue weighted by Crippen LogP contribution is -2.51. The van der Waals surface area contributed by atoms with Crippen molar-refractivity contribution in [1.82, 2.24) is 19.8 Å². The lowest BCUT2D eigenvalue weighted by atomic mass is 10.1. The molecule has 15 heteroatoms. The number of aromatic nitrogens is 2. The lowest BCUT2D eigenvalue weighted by Gasteiger charge is -2.34. The number of alkyl halides is 3. The van der Waals surface area contributed by atoms with E-state index in [9.17, 15) is 31.2 Å². The summed E-state index contributed by atoms with van der Waals surface area (Å²) >= 11 is 0. The largest absolute Gasteiger partial charge is 0.573 e. The van der Waals surface area contributed by atoms with Crippen molar-refractivity contribution in [1.29, 1.82) is 0 Å². The summed E-state index contributed by atoms with van der Waals surface area (Å²) in [6, 6.07) is 15.5. The molecule has 4 aromatic rings. The fourth-order valence-electron chi connectivity index (χ4n) is 4.28. The van der Waals surface area contributed by atoms with Gasteiger partial charge in [0, 0.05) is 55.6 Å². The Balaban J connectivity index is 1.33. The average Bonchev–Trinajstić information content (AvgIpc) is 2.97. The van der Waals surface area contributed by atoms with E-state index in [1.807, 2.05) is 0 Å². The number of halogens is 3. The van der Waals surface area contributed by atoms with Crippen molar-refractivity contribution >= 4 is 38.6 Å². The van der Waals surface area contributed by atoms with E-state index in [4.69, 9.17) is 4.74 Å². The third-order valence-electron chi connectivity index (χ3n) is 6.24. The van der Waals surface area contributed by atoms with Crippen molar-refractivity contribution in [3.63, 3.8) is 0 Å². The minimum atomic E-state index is -5.18. The number of anilines is 1. The predicted octanol–water partition coefficient (Wildman–Crippen LogP) is 4.29. The van der Waals surface area contributed by atoms with Gasteiger partial charge in [0.25, 0.3) is 15.9 Å². The molecule has 42 heavy (non-hydrogen) atoms. The molecule has 5 rings (SSSR count). The molecule has 0 spiro atoms. The van der Waals surface area contributed by atoms with Crippen LogP contribution in [0.3, 0.4) is 0 Å². The van der Waals surface area contributed by atoms with E-state index in [2.05, 4.69) is 19.4 Å². The zero-order valence-electron chi connectivity index (χ0n) is 21.6. The third-order valence-corrected chi connectivity index (χ3v) is 7.64. The molecular weight excluding hydrogens is 579 g/mol. The fourth-order valence-corrected chi connectivity index (χ4v) is 5.53. The van der Waals surface area contributed by atoms with Crippen LogP contribution in [0.5, 0.6) is 11.6 Å². The molecule has 1 aliphatic heterocycles. The summed E-state index contributed by atoms with van der Waals surface area (Å²) in [4.78, 5) is 36.0. The number of piperazine rings is 1. The Morgan fingerprint density at radius 3 is 2.29 bits per heavy atom. The van der Waals surface area contributed by atoms with Crippen molar-refractivity contribution in [2.45, 2.75) is 11.3 Å². The number of nitrogens with one attached hydrogen (secondary N) is 1. The van der Waals surface area contributed by atoms with Crippen LogP contribution in [0.4, 0.5) is 23.7 Å². The minimum Gasteiger partial charge on any atom is -0.404 e. The van der Waals surface area contributed by atoms with E-state index in [0.717, 1.165) is 12.1 Å². The number of hydrogen-bond acceptors (Lipinski definition) is 8. The van der Waals surface area contributed by atoms with Crippen molar-refractivity contribution in [2.24, 2.45) is 0 Å². The van der Waals surface area contributed by atoms with Crippen molar-refractivity contribution in [3.05, 3.63) is 84.7 Å². The number of carbonyl (C=O) groups excluding carboxylic acids is 2. The molecule has 1 saturated heterocycles. The molecule has 2 aromatic carbocycles. The zero-order chi connectivity index (χ0) is 29.9. The number of fused-ring (bicyclic) bond motifs is 1. The van der Waals surface area contributed by atoms with E-state index >= 15 is 0 Å². The van der Waals surface area contributed by atoms with Crippen LogP contribution in [0, 0.1) is 0 Å². The Morgan fingerprint density at radius 2 is 1.57 bits per heavy atom. The van der Waals surface area contributed by atoms with Gasteiger partial charge < -0.3 is 19.3 Å². The fraction of sp³-hybridized carbons (Fsp3) is 0.185. The maximum atomic E-state index is 13.3. The molecule has 1 fully saturated rings. The molecule has 11 nitrogen and oxygen atoms in total. The van der Waals surface area contributed by atoms with Gasteiger partial charge in [0.1, 0.15) is 4.90 Å². The van der Waals surface area contributed by atoms with Crippen LogP contribution in [0.25, 0.3) is 10.9 Å². The highest BCUT2D eigenvalue weighted by molar-refractivity contribution is 7.93. The van der Waals surface area contributed by atoms with Crippen molar-refractivity contribution in [3.8, 4) is 11.6 Å². The molecule has 0 saturated carbocycles. The van der Waals surface area contributed by atoms with Crippen LogP contribution in [0.15, 0.2) is 84.0 Å². The van der Waals surface area contributed by atoms with Gasteiger partial charge in [-0.1, -0.05) is 24.3 Å². The van der Waals surface area contributed by atoms with Crippen LogP contribution in [-0.2, 0) is 10.0 Å². The van der Waals surface area contributed by atoms with Gasteiger partial charge in [-0.25, -0.2) is 18.2 Å². The normalized spacial score (nSPS) is 14.0. The molecule has 0 radical (unpaired) electrons. The number of rotatable bonds is 6. The summed E-state index contributed by atoms with van der Waals surface area (Å²) in [5.74, 6) is -1.43. The summed E-state index contributed by atoms with van der Waals surface area (Å²) in [5, 5.41) is 0.512. The molecule has 0 atom stereocenters. The zero-order valence-corrected chi connectivity index (χ0v) is 22.4. The number of amides is 2. The van der Waals surface area contributed by atoms with Gasteiger partial charge in [0.15, 0.2) is 5.75 Å². The Morgan fingerprint density at radius 1 is 0.857 bits per heavy atom. The second-order valence-corrected chi connectivity index (χ2v) is 10.7. The summed E-state index contributed by atoms with van der Waals surface area (Å²) in [6.07, 6.45) is -2.97. The van der Waals surface area contributed by atoms with Gasteiger partial charge in [0.05, 0.1) is 11.2 Å². The van der Waals surface area contributed by atoms with Gasteiger partial charge in [-0.15, -0.1) is 13.2 Å². The van der Waals surface area contributed by atoms with Gasteiger partial charge in [-0.05, 0) is 36.4 Å². The number of carbonyl (C=O) groups is 2. The number of benzene rings is 2. The quantitative estimate of drug-likeness (QED) is 0.347. The number of para-hydroxylation sites is 1. The molecule has 0 unspecified atom stereocenters. The molecule has 0 aliphatic carbocycles. The van der Waals surface area contributed by atoms with E-state index in [0.29, 0.717) is 5.39 Å². The molecule has 1 aliphatic rings. The first-order chi connectivity index (χ1) is 20.0. The SMILES string of the molecule is O=C(Oc1ccccn1)N1CCN(C(=O)c2ccc(NS(=O)(=O)c3cccc4cccnc34)c(OC(F)(F)F)c2)CC1. The Kier molecular flexibility index (Phi) is 7.85. The lowest BCUT2D eigenvalue weighted by molar-refractivity contribution is -0.274. The van der Waals surface area contributed by atoms with E-state index < -0.39 is 39.8 Å². The Labute approximate surface area is 237 Å². The molecular formula is C27H22F3N5O6S. The summed E-state index contributed by atoms with van der Waals surface area (Å²) in [6.45, 7) is 0.378. The highest BCUT2D eigenvalue weighted by Gasteiger charge is 2.34. The highest BCUT2D eigenvalue weighted by Crippen LogP contribution is 2.34. The number of hydrogen-bond donors (Lipinski definition) is 1. The standard InChI is InChI=1S/C27H22F3N5O6S/c28-27(29,30)41-21-17-19(25(36)34-13-15-35(16-14-34)26(37)40-23-8-1-2-11-31-23)9-10-20(21)33-42(38,39)22-7-3-5-18-6-4-12-32-24(18)22/h1-12,17,33H,13-16H2. The monoisotopic (exact) mass is 601 g/mol. The minimum absolute atomic E-state index is 0.0775. The molecule has 0 bridgehead atoms.